The van der Waals surface area contributed by atoms with Crippen LogP contribution in [0.3, 0.4) is 0 Å². The smallest absolute Gasteiger partial charge is 0.330 e. The lowest BCUT2D eigenvalue weighted by Gasteiger charge is -2.28. The number of benzene rings is 1. The molecule has 5 nitrogen and oxygen atoms in total. The van der Waals surface area contributed by atoms with Crippen LogP contribution in [0, 0.1) is 5.92 Å². The van der Waals surface area contributed by atoms with E-state index in [1.807, 2.05) is 6.07 Å². The summed E-state index contributed by atoms with van der Waals surface area (Å²) in [6.07, 6.45) is 1.79. The lowest BCUT2D eigenvalue weighted by atomic mass is 9.93. The third-order valence-corrected chi connectivity index (χ3v) is 3.65. The maximum atomic E-state index is 12.2. The molecule has 0 aliphatic carbocycles. The van der Waals surface area contributed by atoms with Crippen LogP contribution >= 0.6 is 0 Å². The highest BCUT2D eigenvalue weighted by Gasteiger charge is 2.29. The van der Waals surface area contributed by atoms with Gasteiger partial charge in [0.2, 0.25) is 5.91 Å². The first kappa shape index (κ1) is 14.5. The van der Waals surface area contributed by atoms with E-state index in [0.717, 1.165) is 19.4 Å². The van der Waals surface area contributed by atoms with Crippen molar-refractivity contribution in [3.63, 3.8) is 0 Å². The Morgan fingerprint density at radius 3 is 2.65 bits per heavy atom. The molecule has 20 heavy (non-hydrogen) atoms. The first-order valence-electron chi connectivity index (χ1n) is 6.89. The average Bonchev–Trinajstić information content (AvgIpc) is 2.45. The molecule has 0 saturated carbocycles. The number of hydrogen-bond acceptors (Lipinski definition) is 3. The summed E-state index contributed by atoms with van der Waals surface area (Å²) in [6.45, 7) is 2.90. The summed E-state index contributed by atoms with van der Waals surface area (Å²) in [5.41, 5.74) is 0.581. The molecule has 1 aliphatic heterocycles. The molecular formula is C15H20N2O3. The molecule has 1 fully saturated rings. The number of carbonyl (C=O) groups excluding carboxylic acids is 1. The van der Waals surface area contributed by atoms with Crippen molar-refractivity contribution in [3.8, 4) is 0 Å². The molecule has 0 radical (unpaired) electrons. The maximum absolute atomic E-state index is 12.2. The largest absolute Gasteiger partial charge is 0.479 e. The van der Waals surface area contributed by atoms with Crippen LogP contribution in [0.15, 0.2) is 30.3 Å². The van der Waals surface area contributed by atoms with Gasteiger partial charge < -0.3 is 15.7 Å². The van der Waals surface area contributed by atoms with E-state index in [0.29, 0.717) is 11.5 Å². The highest BCUT2D eigenvalue weighted by molar-refractivity contribution is 5.87. The zero-order valence-corrected chi connectivity index (χ0v) is 11.5. The Morgan fingerprint density at radius 1 is 1.35 bits per heavy atom. The average molecular weight is 276 g/mol. The molecule has 2 unspecified atom stereocenters. The SMILES string of the molecule is CC1CCNC(C(=O)N[C@H](C(=O)O)c2ccccc2)C1. The Hall–Kier alpha value is -1.88. The van der Waals surface area contributed by atoms with Crippen molar-refractivity contribution in [3.05, 3.63) is 35.9 Å². The molecule has 1 aliphatic rings. The summed E-state index contributed by atoms with van der Waals surface area (Å²) in [5.74, 6) is -0.812. The normalized spacial score (nSPS) is 23.9. The number of nitrogens with one attached hydrogen (secondary N) is 2. The number of piperidine rings is 1. The van der Waals surface area contributed by atoms with E-state index in [9.17, 15) is 14.7 Å². The molecule has 0 bridgehead atoms. The molecule has 1 heterocycles. The first-order chi connectivity index (χ1) is 9.58. The lowest BCUT2D eigenvalue weighted by molar-refractivity contribution is -0.142. The predicted octanol–water partition coefficient (Wildman–Crippen LogP) is 1.32. The van der Waals surface area contributed by atoms with E-state index in [4.69, 9.17) is 0 Å². The third-order valence-electron chi connectivity index (χ3n) is 3.65. The second-order valence-corrected chi connectivity index (χ2v) is 5.33. The molecule has 1 saturated heterocycles. The number of amides is 1. The van der Waals surface area contributed by atoms with Gasteiger partial charge >= 0.3 is 5.97 Å². The number of rotatable bonds is 4. The molecular weight excluding hydrogens is 256 g/mol. The van der Waals surface area contributed by atoms with E-state index < -0.39 is 12.0 Å². The van der Waals surface area contributed by atoms with Gasteiger partial charge in [0, 0.05) is 0 Å². The highest BCUT2D eigenvalue weighted by Crippen LogP contribution is 2.17. The highest BCUT2D eigenvalue weighted by atomic mass is 16.4. The molecule has 1 aromatic rings. The van der Waals surface area contributed by atoms with Crippen molar-refractivity contribution in [2.75, 3.05) is 6.54 Å². The fourth-order valence-corrected chi connectivity index (χ4v) is 2.48. The van der Waals surface area contributed by atoms with Gasteiger partial charge in [-0.3, -0.25) is 4.79 Å². The van der Waals surface area contributed by atoms with Gasteiger partial charge in [-0.2, -0.15) is 0 Å². The van der Waals surface area contributed by atoms with E-state index in [2.05, 4.69) is 17.6 Å². The summed E-state index contributed by atoms with van der Waals surface area (Å²) >= 11 is 0. The number of carboxylic acid groups (broad SMARTS) is 1. The van der Waals surface area contributed by atoms with Crippen LogP contribution in [0.5, 0.6) is 0 Å². The molecule has 1 amide bonds. The van der Waals surface area contributed by atoms with E-state index in [-0.39, 0.29) is 11.9 Å². The number of aliphatic carboxylic acids is 1. The Balaban J connectivity index is 2.05. The first-order valence-corrected chi connectivity index (χ1v) is 6.89. The zero-order chi connectivity index (χ0) is 14.5. The zero-order valence-electron chi connectivity index (χ0n) is 11.5. The predicted molar refractivity (Wildman–Crippen MR) is 75.2 cm³/mol. The fraction of sp³-hybridized carbons (Fsp3) is 0.467. The molecule has 0 aromatic heterocycles. The van der Waals surface area contributed by atoms with Gasteiger partial charge in [0.15, 0.2) is 6.04 Å². The quantitative estimate of drug-likeness (QED) is 0.775. The van der Waals surface area contributed by atoms with Crippen molar-refractivity contribution in [1.29, 1.82) is 0 Å². The third kappa shape index (κ3) is 3.57. The Morgan fingerprint density at radius 2 is 2.05 bits per heavy atom. The number of hydrogen-bond donors (Lipinski definition) is 3. The number of carbonyl (C=O) groups is 2. The molecule has 3 atom stereocenters. The molecule has 2 rings (SSSR count). The molecule has 5 heteroatoms. The van der Waals surface area contributed by atoms with E-state index >= 15 is 0 Å². The second-order valence-electron chi connectivity index (χ2n) is 5.33. The molecule has 1 aromatic carbocycles. The summed E-state index contributed by atoms with van der Waals surface area (Å²) in [7, 11) is 0. The second kappa shape index (κ2) is 6.52. The molecule has 108 valence electrons. The minimum absolute atomic E-state index is 0.243. The summed E-state index contributed by atoms with van der Waals surface area (Å²) in [5, 5.41) is 15.1. The maximum Gasteiger partial charge on any atom is 0.330 e. The number of carboxylic acids is 1. The van der Waals surface area contributed by atoms with Gasteiger partial charge in [-0.05, 0) is 30.9 Å². The van der Waals surface area contributed by atoms with Gasteiger partial charge in [-0.15, -0.1) is 0 Å². The van der Waals surface area contributed by atoms with Gasteiger partial charge in [-0.1, -0.05) is 37.3 Å². The molecule has 3 N–H and O–H groups in total. The summed E-state index contributed by atoms with van der Waals surface area (Å²) in [4.78, 5) is 23.5. The van der Waals surface area contributed by atoms with Crippen molar-refractivity contribution >= 4 is 11.9 Å². The monoisotopic (exact) mass is 276 g/mol. The molecule has 0 spiro atoms. The van der Waals surface area contributed by atoms with Crippen molar-refractivity contribution < 1.29 is 14.7 Å². The van der Waals surface area contributed by atoms with Crippen LogP contribution in [-0.4, -0.2) is 29.6 Å². The van der Waals surface area contributed by atoms with Crippen molar-refractivity contribution in [2.24, 2.45) is 5.92 Å². The Labute approximate surface area is 118 Å². The minimum Gasteiger partial charge on any atom is -0.479 e. The van der Waals surface area contributed by atoms with Crippen LogP contribution in [0.4, 0.5) is 0 Å². The Kier molecular flexibility index (Phi) is 4.74. The van der Waals surface area contributed by atoms with E-state index in [1.54, 1.807) is 24.3 Å². The van der Waals surface area contributed by atoms with Crippen molar-refractivity contribution in [2.45, 2.75) is 31.8 Å². The van der Waals surface area contributed by atoms with Gasteiger partial charge in [0.25, 0.3) is 0 Å². The van der Waals surface area contributed by atoms with Crippen LogP contribution in [0.1, 0.15) is 31.4 Å². The van der Waals surface area contributed by atoms with Crippen LogP contribution in [0.25, 0.3) is 0 Å². The van der Waals surface area contributed by atoms with E-state index in [1.165, 1.54) is 0 Å². The minimum atomic E-state index is -1.05. The lowest BCUT2D eigenvalue weighted by Crippen LogP contribution is -2.50. The topological polar surface area (TPSA) is 78.4 Å². The fourth-order valence-electron chi connectivity index (χ4n) is 2.48. The van der Waals surface area contributed by atoms with Gasteiger partial charge in [0.1, 0.15) is 0 Å². The van der Waals surface area contributed by atoms with Crippen LogP contribution in [0.2, 0.25) is 0 Å². The Bertz CT molecular complexity index is 475. The van der Waals surface area contributed by atoms with Crippen LogP contribution in [-0.2, 0) is 9.59 Å². The van der Waals surface area contributed by atoms with Gasteiger partial charge in [-0.25, -0.2) is 4.79 Å². The standard InChI is InChI=1S/C15H20N2O3/c1-10-7-8-16-12(9-10)14(18)17-13(15(19)20)11-5-3-2-4-6-11/h2-6,10,12-13,16H,7-9H2,1H3,(H,17,18)(H,19,20)/t10?,12?,13-/m0/s1. The van der Waals surface area contributed by atoms with Crippen molar-refractivity contribution in [1.82, 2.24) is 10.6 Å². The summed E-state index contributed by atoms with van der Waals surface area (Å²) in [6, 6.07) is 7.45. The van der Waals surface area contributed by atoms with Crippen LogP contribution < -0.4 is 10.6 Å². The van der Waals surface area contributed by atoms with Gasteiger partial charge in [0.05, 0.1) is 6.04 Å². The summed E-state index contributed by atoms with van der Waals surface area (Å²) < 4.78 is 0.